The van der Waals surface area contributed by atoms with Crippen LogP contribution in [0.3, 0.4) is 0 Å². The van der Waals surface area contributed by atoms with Crippen molar-refractivity contribution in [3.05, 3.63) is 211 Å². The summed E-state index contributed by atoms with van der Waals surface area (Å²) in [6.07, 6.45) is 35.3. The number of anilines is 3. The number of carbonyl (C=O) groups excluding carboxylic acids is 3. The number of aliphatic hydroxyl groups excluding tert-OH is 2. The Kier molecular flexibility index (Phi) is 27.8. The number of aryl methyl sites for hydroxylation is 3. The molecule has 6 aliphatic carbocycles. The number of aliphatic hydroxyl groups is 2. The Hall–Kier alpha value is -7.51. The maximum atomic E-state index is 13.6. The summed E-state index contributed by atoms with van der Waals surface area (Å²) in [6.45, 7) is 21.5. The molecule has 3 saturated carbocycles. The zero-order valence-electron chi connectivity index (χ0n) is 76.7. The molecule has 7 aliphatic heterocycles. The fourth-order valence-corrected chi connectivity index (χ4v) is 27.8. The molecule has 0 aromatic heterocycles. The standard InChI is InChI=1S/C39H52ClN3O4S.2C33H41ClN2O4S/c1-27-21-29(16-20-42-18-4-3-5-19-42)8-9-30-10-11-33(30)24-43-25-39(17-6-7-31-22-34(40)13-14-35(31)39)26-47-37-15-12-32(23-36(37)43)38(44)41-48(45,46)28(27)2;2*1-22-7-4-5-9-30(37)32(2)16-14-25(32)19-36-20-33(15-6-8-23-17-26(34)11-12-27(23)33)21-40-29-13-10-24(18-28(29)36)31(38)35-41(22,3)39/h8-9,12-15,22-23,27-30,33H,3-7,10-11,16-21,24-26H2,1-2H3,(H,41,44);2*5,9-13,17-18,22,25,30,37H,3-4,6-8,14-16,19-21H2,1-2H3,(H,35,38,39)/b9-8+;2*9-5+/t27-,28+,29-,30+,33-,39-;22-,25+,30+,32-,33+,41?;22-,25+,30-,32-,33+,41?/m011/s1. The molecule has 3 spiro atoms. The van der Waals surface area contributed by atoms with Gasteiger partial charge in [0.25, 0.3) is 17.7 Å². The molecule has 18 atom stereocenters. The summed E-state index contributed by atoms with van der Waals surface area (Å²) in [4.78, 5) is 50.2. The Labute approximate surface area is 787 Å². The number of likely N-dealkylation sites (tertiary alicyclic amines) is 1. The highest BCUT2D eigenvalue weighted by molar-refractivity contribution is 7.99. The summed E-state index contributed by atoms with van der Waals surface area (Å²) in [6, 6.07) is 35.2. The molecule has 1 saturated heterocycles. The van der Waals surface area contributed by atoms with Gasteiger partial charge in [-0.1, -0.05) is 117 Å². The molecule has 130 heavy (non-hydrogen) atoms. The number of halogens is 3. The second-order valence-electron chi connectivity index (χ2n) is 41.4. The zero-order chi connectivity index (χ0) is 91.5. The van der Waals surface area contributed by atoms with Crippen LogP contribution in [-0.2, 0) is 64.9 Å². The third-order valence-electron chi connectivity index (χ3n) is 33.0. The molecule has 2 unspecified atom stereocenters. The van der Waals surface area contributed by atoms with Gasteiger partial charge in [-0.2, -0.15) is 0 Å². The second kappa shape index (κ2) is 38.3. The van der Waals surface area contributed by atoms with E-state index in [1.807, 2.05) is 99.7 Å². The lowest BCUT2D eigenvalue weighted by Gasteiger charge is -2.52. The van der Waals surface area contributed by atoms with Crippen LogP contribution in [0, 0.1) is 46.3 Å². The zero-order valence-corrected chi connectivity index (χ0v) is 81.4. The first-order chi connectivity index (χ1) is 62.1. The number of fused-ring (bicyclic) bond motifs is 12. The summed E-state index contributed by atoms with van der Waals surface area (Å²) >= 11 is 19.3. The maximum Gasteiger partial charge on any atom is 0.264 e. The van der Waals surface area contributed by atoms with Crippen molar-refractivity contribution in [3.8, 4) is 17.2 Å². The van der Waals surface area contributed by atoms with Crippen molar-refractivity contribution >= 4 is 111 Å². The van der Waals surface area contributed by atoms with Crippen LogP contribution in [0.4, 0.5) is 17.1 Å². The highest BCUT2D eigenvalue weighted by Gasteiger charge is 2.53. The van der Waals surface area contributed by atoms with Gasteiger partial charge in [0.05, 0.1) is 73.8 Å². The molecule has 25 heteroatoms. The van der Waals surface area contributed by atoms with Gasteiger partial charge in [-0.15, -0.1) is 0 Å². The fraction of sp³-hybridized carbons (Fsp3) is 0.552. The predicted molar refractivity (Wildman–Crippen MR) is 529 cm³/mol. The molecule has 7 heterocycles. The number of ether oxygens (including phenoxy) is 3. The minimum atomic E-state index is -3.89. The van der Waals surface area contributed by atoms with Gasteiger partial charge in [-0.3, -0.25) is 23.8 Å². The Morgan fingerprint density at radius 3 is 1.27 bits per heavy atom. The van der Waals surface area contributed by atoms with Crippen molar-refractivity contribution in [1.29, 1.82) is 0 Å². The van der Waals surface area contributed by atoms with Gasteiger partial charge in [0.2, 0.25) is 10.0 Å². The number of benzene rings is 6. The first-order valence-electron chi connectivity index (χ1n) is 48.1. The van der Waals surface area contributed by atoms with E-state index in [4.69, 9.17) is 49.0 Å². The van der Waals surface area contributed by atoms with Crippen molar-refractivity contribution in [2.24, 2.45) is 46.3 Å². The SMILES string of the molecule is C=S1(=O)NC(=O)c2ccc3c(c2)N(C[C@@H]2CC[C@@]2(C)[C@@H](O)/C=C/CC[C@H]1C)C[C@@]1(CCCc2cc(Cl)ccc21)CO3.C=S1(=O)NC(=O)c2ccc3c(c2)N(C[C@@H]2CC[C@@]2(C)[C@H](O)/C=C/CC[C@H]1C)C[C@@]1(CCCc2cc(Cl)ccc21)CO3.C[C@@H]1[C@@H](C)C[C@H](CCN2CCCCC2)/C=C/[C@@H]2CC[C@H]2CN2C[C@@]3(CCCc4cc(Cl)ccc43)COc3ccc(cc32)C(=O)NS1(=O)=O. The van der Waals surface area contributed by atoms with E-state index in [1.54, 1.807) is 25.1 Å². The molecule has 0 radical (unpaired) electrons. The Balaban J connectivity index is 0.000000137. The van der Waals surface area contributed by atoms with Crippen LogP contribution in [0.2, 0.25) is 15.1 Å². The number of sulfonamides is 1. The molecule has 19 rings (SSSR count). The van der Waals surface area contributed by atoms with Crippen molar-refractivity contribution in [2.45, 2.75) is 240 Å². The number of hydrogen-bond donors (Lipinski definition) is 5. The quantitative estimate of drug-likeness (QED) is 0.0818. The summed E-state index contributed by atoms with van der Waals surface area (Å²) in [5.74, 6) is 10.4. The molecular formula is C105H134Cl3N7O12S3. The monoisotopic (exact) mass is 1890 g/mol. The van der Waals surface area contributed by atoms with Gasteiger partial charge in [0.1, 0.15) is 17.2 Å². The summed E-state index contributed by atoms with van der Waals surface area (Å²) in [5, 5.41) is 23.6. The lowest BCUT2D eigenvalue weighted by atomic mass is 9.58. The van der Waals surface area contributed by atoms with Crippen LogP contribution in [0.5, 0.6) is 17.2 Å². The van der Waals surface area contributed by atoms with Gasteiger partial charge in [-0.25, -0.2) is 21.6 Å². The predicted octanol–water partition coefficient (Wildman–Crippen LogP) is 18.8. The van der Waals surface area contributed by atoms with E-state index < -0.39 is 52.8 Å². The number of amides is 3. The number of allylic oxidation sites excluding steroid dienone is 4. The third-order valence-corrected chi connectivity index (χ3v) is 39.8. The number of nitrogens with zero attached hydrogens (tertiary/aromatic N) is 4. The van der Waals surface area contributed by atoms with Crippen LogP contribution in [0.1, 0.15) is 241 Å². The van der Waals surface area contributed by atoms with E-state index in [2.05, 4.69) is 108 Å². The highest BCUT2D eigenvalue weighted by atomic mass is 35.5. The highest BCUT2D eigenvalue weighted by Crippen LogP contribution is 2.56. The number of carbonyl (C=O) groups is 3. The molecule has 3 amide bonds. The Bertz CT molecular complexity index is 5480. The van der Waals surface area contributed by atoms with Crippen molar-refractivity contribution in [3.63, 3.8) is 0 Å². The van der Waals surface area contributed by atoms with Crippen LogP contribution < -0.4 is 43.1 Å². The molecule has 13 aliphatic rings. The lowest BCUT2D eigenvalue weighted by molar-refractivity contribution is -0.0469. The Morgan fingerprint density at radius 1 is 0.469 bits per heavy atom. The van der Waals surface area contributed by atoms with E-state index >= 15 is 0 Å². The smallest absolute Gasteiger partial charge is 0.264 e. The van der Waals surface area contributed by atoms with Crippen molar-refractivity contribution in [1.82, 2.24) is 19.1 Å². The van der Waals surface area contributed by atoms with Crippen molar-refractivity contribution < 1.29 is 55.6 Å². The van der Waals surface area contributed by atoms with Crippen molar-refractivity contribution in [2.75, 3.05) is 93.4 Å². The normalized spacial score (nSPS) is 35.0. The molecule has 4 fully saturated rings. The van der Waals surface area contributed by atoms with Gasteiger partial charge >= 0.3 is 0 Å². The van der Waals surface area contributed by atoms with E-state index in [1.165, 1.54) is 65.5 Å². The van der Waals surface area contributed by atoms with Crippen LogP contribution in [-0.4, -0.2) is 168 Å². The molecule has 5 N–H and O–H groups in total. The number of hydrogen-bond acceptors (Lipinski definition) is 16. The number of rotatable bonds is 3. The molecular weight excluding hydrogens is 1750 g/mol. The largest absolute Gasteiger partial charge is 0.490 e. The van der Waals surface area contributed by atoms with Gasteiger partial charge in [0, 0.05) is 109 Å². The maximum absolute atomic E-state index is 13.6. The minimum Gasteiger partial charge on any atom is -0.490 e. The van der Waals surface area contributed by atoms with Crippen LogP contribution in [0.25, 0.3) is 0 Å². The average Bonchev–Trinajstić information content (AvgIpc) is 1.49. The summed E-state index contributed by atoms with van der Waals surface area (Å²) in [7, 11) is -9.64. The van der Waals surface area contributed by atoms with Crippen LogP contribution in [0.15, 0.2) is 146 Å². The van der Waals surface area contributed by atoms with Gasteiger partial charge in [0.15, 0.2) is 0 Å². The van der Waals surface area contributed by atoms with Gasteiger partial charge in [-0.05, 0) is 360 Å². The van der Waals surface area contributed by atoms with E-state index in [0.717, 1.165) is 205 Å². The van der Waals surface area contributed by atoms with E-state index in [-0.39, 0.29) is 67.1 Å². The van der Waals surface area contributed by atoms with E-state index in [0.29, 0.717) is 79.9 Å². The average molecular weight is 1890 g/mol. The lowest BCUT2D eigenvalue weighted by Crippen LogP contribution is -2.53. The van der Waals surface area contributed by atoms with E-state index in [9.17, 15) is 41.4 Å². The molecule has 19 nitrogen and oxygen atoms in total. The molecule has 6 aromatic carbocycles. The first kappa shape index (κ1) is 94.3. The first-order valence-corrected chi connectivity index (χ1v) is 54.3. The fourth-order valence-electron chi connectivity index (χ4n) is 23.6. The number of piperidine rings is 1. The third kappa shape index (κ3) is 19.6. The molecule has 6 aromatic rings. The summed E-state index contributed by atoms with van der Waals surface area (Å²) < 4.78 is 81.8. The van der Waals surface area contributed by atoms with Gasteiger partial charge < -0.3 is 44.0 Å². The molecule has 700 valence electrons. The minimum absolute atomic E-state index is 0.100. The number of nitrogens with one attached hydrogen (secondary N) is 3. The second-order valence-corrected chi connectivity index (χ2v) is 49.7. The Morgan fingerprint density at radius 2 is 0.877 bits per heavy atom. The topological polar surface area (TPSA) is 237 Å². The van der Waals surface area contributed by atoms with Crippen LogP contribution >= 0.6 is 34.8 Å². The summed E-state index contributed by atoms with van der Waals surface area (Å²) in [5.41, 5.74) is 10.4. The molecule has 6 bridgehead atoms.